The minimum Gasteiger partial charge on any atom is -0.480 e. The predicted octanol–water partition coefficient (Wildman–Crippen LogP) is 1.69. The molecule has 0 aliphatic carbocycles. The fraction of sp³-hybridized carbons (Fsp3) is 0.800. The normalized spacial score (nSPS) is 12.6. The number of hydrogen-bond donors (Lipinski definition) is 3. The summed E-state index contributed by atoms with van der Waals surface area (Å²) < 4.78 is 0. The monoisotopic (exact) mass is 300 g/mol. The Kier molecular flexibility index (Phi) is 8.66. The van der Waals surface area contributed by atoms with E-state index >= 15 is 0 Å². The molecule has 0 heterocycles. The summed E-state index contributed by atoms with van der Waals surface area (Å²) in [6.07, 6.45) is 2.01. The molecule has 0 spiro atoms. The molecule has 2 amide bonds. The number of rotatable bonds is 9. The van der Waals surface area contributed by atoms with E-state index in [9.17, 15) is 14.4 Å². The Morgan fingerprint density at radius 1 is 1.10 bits per heavy atom. The highest BCUT2D eigenvalue weighted by Crippen LogP contribution is 2.21. The summed E-state index contributed by atoms with van der Waals surface area (Å²) in [6.45, 7) is 8.59. The van der Waals surface area contributed by atoms with Crippen LogP contribution in [0.5, 0.6) is 0 Å². The van der Waals surface area contributed by atoms with Crippen molar-refractivity contribution in [2.75, 3.05) is 6.54 Å². The van der Waals surface area contributed by atoms with Gasteiger partial charge in [0.2, 0.25) is 11.8 Å². The molecular formula is C15H28N2O4. The molecule has 0 aliphatic heterocycles. The average Bonchev–Trinajstić information content (AvgIpc) is 2.37. The van der Waals surface area contributed by atoms with Gasteiger partial charge in [-0.1, -0.05) is 27.7 Å². The Bertz CT molecular complexity index is 361. The molecule has 0 fully saturated rings. The molecule has 0 aromatic carbocycles. The molecule has 0 saturated heterocycles. The summed E-state index contributed by atoms with van der Waals surface area (Å²) in [5.41, 5.74) is 0.0124. The highest BCUT2D eigenvalue weighted by atomic mass is 16.4. The molecule has 3 N–H and O–H groups in total. The minimum atomic E-state index is -1.04. The van der Waals surface area contributed by atoms with Gasteiger partial charge < -0.3 is 15.7 Å². The Hall–Kier alpha value is -1.59. The van der Waals surface area contributed by atoms with Crippen LogP contribution >= 0.6 is 0 Å². The smallest absolute Gasteiger partial charge is 0.326 e. The van der Waals surface area contributed by atoms with Gasteiger partial charge in [0.25, 0.3) is 0 Å². The van der Waals surface area contributed by atoms with Gasteiger partial charge in [0.05, 0.1) is 0 Å². The van der Waals surface area contributed by atoms with Gasteiger partial charge in [-0.05, 0) is 24.7 Å². The standard InChI is InChI=1S/C15H28N2O4/c1-5-10-16-12(18)6-7-13(19)17-11(14(20)21)8-9-15(2,3)4/h11H,5-10H2,1-4H3,(H,16,18)(H,17,19)(H,20,21). The van der Waals surface area contributed by atoms with E-state index in [0.717, 1.165) is 6.42 Å². The van der Waals surface area contributed by atoms with Gasteiger partial charge in [0.15, 0.2) is 0 Å². The van der Waals surface area contributed by atoms with Crippen LogP contribution in [0.4, 0.5) is 0 Å². The summed E-state index contributed by atoms with van der Waals surface area (Å²) in [7, 11) is 0. The molecule has 0 aromatic heterocycles. The summed E-state index contributed by atoms with van der Waals surface area (Å²) in [5, 5.41) is 14.3. The van der Waals surface area contributed by atoms with Crippen molar-refractivity contribution >= 4 is 17.8 Å². The van der Waals surface area contributed by atoms with Crippen LogP contribution < -0.4 is 10.6 Å². The lowest BCUT2D eigenvalue weighted by Crippen LogP contribution is -2.41. The third-order valence-electron chi connectivity index (χ3n) is 2.97. The molecule has 0 bridgehead atoms. The first kappa shape index (κ1) is 19.4. The molecule has 21 heavy (non-hydrogen) atoms. The lowest BCUT2D eigenvalue weighted by atomic mass is 9.88. The van der Waals surface area contributed by atoms with Gasteiger partial charge in [-0.2, -0.15) is 0 Å². The van der Waals surface area contributed by atoms with Crippen molar-refractivity contribution in [3.05, 3.63) is 0 Å². The second-order valence-corrected chi connectivity index (χ2v) is 6.41. The van der Waals surface area contributed by atoms with E-state index < -0.39 is 17.9 Å². The van der Waals surface area contributed by atoms with E-state index in [1.54, 1.807) is 0 Å². The second kappa shape index (κ2) is 9.37. The average molecular weight is 300 g/mol. The van der Waals surface area contributed by atoms with Gasteiger partial charge in [0.1, 0.15) is 6.04 Å². The zero-order valence-corrected chi connectivity index (χ0v) is 13.5. The van der Waals surface area contributed by atoms with Crippen molar-refractivity contribution in [1.29, 1.82) is 0 Å². The van der Waals surface area contributed by atoms with Gasteiger partial charge in [-0.15, -0.1) is 0 Å². The zero-order chi connectivity index (χ0) is 16.5. The highest BCUT2D eigenvalue weighted by molar-refractivity contribution is 5.86. The van der Waals surface area contributed by atoms with Crippen molar-refractivity contribution in [2.45, 2.75) is 65.8 Å². The number of carboxylic acids is 1. The van der Waals surface area contributed by atoms with E-state index in [0.29, 0.717) is 19.4 Å². The van der Waals surface area contributed by atoms with E-state index in [2.05, 4.69) is 10.6 Å². The third kappa shape index (κ3) is 10.8. The topological polar surface area (TPSA) is 95.5 Å². The first-order chi connectivity index (χ1) is 9.65. The highest BCUT2D eigenvalue weighted by Gasteiger charge is 2.22. The lowest BCUT2D eigenvalue weighted by molar-refractivity contribution is -0.142. The minimum absolute atomic E-state index is 0.00878. The Labute approximate surface area is 126 Å². The molecule has 0 rings (SSSR count). The molecular weight excluding hydrogens is 272 g/mol. The number of nitrogens with one attached hydrogen (secondary N) is 2. The predicted molar refractivity (Wildman–Crippen MR) is 80.8 cm³/mol. The summed E-state index contributed by atoms with van der Waals surface area (Å²) >= 11 is 0. The van der Waals surface area contributed by atoms with Crippen molar-refractivity contribution in [1.82, 2.24) is 10.6 Å². The van der Waals surface area contributed by atoms with E-state index in [1.807, 2.05) is 27.7 Å². The summed E-state index contributed by atoms with van der Waals surface area (Å²) in [5.74, 6) is -1.63. The van der Waals surface area contributed by atoms with Crippen LogP contribution in [-0.2, 0) is 14.4 Å². The fourth-order valence-corrected chi connectivity index (χ4v) is 1.68. The Balaban J connectivity index is 4.18. The first-order valence-electron chi connectivity index (χ1n) is 7.44. The van der Waals surface area contributed by atoms with Crippen molar-refractivity contribution < 1.29 is 19.5 Å². The van der Waals surface area contributed by atoms with Crippen LogP contribution in [0.1, 0.15) is 59.8 Å². The van der Waals surface area contributed by atoms with Gasteiger partial charge in [-0.3, -0.25) is 9.59 Å². The molecule has 122 valence electrons. The molecule has 0 radical (unpaired) electrons. The molecule has 0 aromatic rings. The number of hydrogen-bond acceptors (Lipinski definition) is 3. The summed E-state index contributed by atoms with van der Waals surface area (Å²) in [4.78, 5) is 34.2. The molecule has 6 heteroatoms. The van der Waals surface area contributed by atoms with Crippen LogP contribution in [0.3, 0.4) is 0 Å². The Morgan fingerprint density at radius 3 is 2.14 bits per heavy atom. The van der Waals surface area contributed by atoms with Crippen LogP contribution in [-0.4, -0.2) is 35.5 Å². The van der Waals surface area contributed by atoms with Crippen LogP contribution in [0.25, 0.3) is 0 Å². The van der Waals surface area contributed by atoms with E-state index in [1.165, 1.54) is 0 Å². The third-order valence-corrected chi connectivity index (χ3v) is 2.97. The van der Waals surface area contributed by atoms with Crippen LogP contribution in [0, 0.1) is 5.41 Å². The summed E-state index contributed by atoms with van der Waals surface area (Å²) in [6, 6.07) is -0.893. The second-order valence-electron chi connectivity index (χ2n) is 6.41. The number of carbonyl (C=O) groups excluding carboxylic acids is 2. The zero-order valence-electron chi connectivity index (χ0n) is 13.5. The molecule has 0 aliphatic rings. The van der Waals surface area contributed by atoms with Gasteiger partial charge >= 0.3 is 5.97 Å². The van der Waals surface area contributed by atoms with E-state index in [4.69, 9.17) is 5.11 Å². The number of carboxylic acid groups (broad SMARTS) is 1. The van der Waals surface area contributed by atoms with Crippen molar-refractivity contribution in [3.8, 4) is 0 Å². The van der Waals surface area contributed by atoms with E-state index in [-0.39, 0.29) is 24.2 Å². The maximum atomic E-state index is 11.7. The Morgan fingerprint density at radius 2 is 1.67 bits per heavy atom. The number of carbonyl (C=O) groups is 3. The van der Waals surface area contributed by atoms with Gasteiger partial charge in [-0.25, -0.2) is 4.79 Å². The van der Waals surface area contributed by atoms with Crippen LogP contribution in [0.15, 0.2) is 0 Å². The van der Waals surface area contributed by atoms with Gasteiger partial charge in [0, 0.05) is 19.4 Å². The number of aliphatic carboxylic acids is 1. The molecule has 1 atom stereocenters. The van der Waals surface area contributed by atoms with Crippen LogP contribution in [0.2, 0.25) is 0 Å². The largest absolute Gasteiger partial charge is 0.480 e. The SMILES string of the molecule is CCCNC(=O)CCC(=O)NC(CCC(C)(C)C)C(=O)O. The molecule has 0 saturated carbocycles. The maximum absolute atomic E-state index is 11.7. The maximum Gasteiger partial charge on any atom is 0.326 e. The number of amides is 2. The molecule has 6 nitrogen and oxygen atoms in total. The van der Waals surface area contributed by atoms with Crippen molar-refractivity contribution in [3.63, 3.8) is 0 Å². The van der Waals surface area contributed by atoms with Crippen molar-refractivity contribution in [2.24, 2.45) is 5.41 Å². The first-order valence-corrected chi connectivity index (χ1v) is 7.44. The fourth-order valence-electron chi connectivity index (χ4n) is 1.68. The quantitative estimate of drug-likeness (QED) is 0.604. The molecule has 1 unspecified atom stereocenters. The lowest BCUT2D eigenvalue weighted by Gasteiger charge is -2.21.